The van der Waals surface area contributed by atoms with Crippen molar-refractivity contribution in [1.29, 1.82) is 0 Å². The smallest absolute Gasteiger partial charge is 0.258 e. The maximum absolute atomic E-state index is 11.8. The van der Waals surface area contributed by atoms with Gasteiger partial charge in [-0.05, 0) is 39.0 Å². The average Bonchev–Trinajstić information content (AvgIpc) is 2.96. The Morgan fingerprint density at radius 1 is 1.19 bits per heavy atom. The molecule has 0 atom stereocenters. The van der Waals surface area contributed by atoms with Crippen molar-refractivity contribution in [3.63, 3.8) is 0 Å². The van der Waals surface area contributed by atoms with E-state index in [1.54, 1.807) is 13.2 Å². The molecule has 136 valence electrons. The van der Waals surface area contributed by atoms with Gasteiger partial charge in [-0.15, -0.1) is 0 Å². The SMILES string of the molecule is COc1cc(-n2nc(C)c3ccccc32)ccc1OCC(=O)NC(C)C. The van der Waals surface area contributed by atoms with E-state index in [9.17, 15) is 4.79 Å². The number of nitrogens with zero attached hydrogens (tertiary/aromatic N) is 2. The van der Waals surface area contributed by atoms with Crippen LogP contribution in [0.15, 0.2) is 42.5 Å². The number of ether oxygens (including phenoxy) is 2. The standard InChI is InChI=1S/C20H23N3O3/c1-13(2)21-20(24)12-26-18-10-9-15(11-19(18)25-4)23-17-8-6-5-7-16(17)14(3)22-23/h5-11,13H,12H2,1-4H3,(H,21,24). The van der Waals surface area contributed by atoms with Crippen molar-refractivity contribution in [3.8, 4) is 17.2 Å². The lowest BCUT2D eigenvalue weighted by molar-refractivity contribution is -0.123. The summed E-state index contributed by atoms with van der Waals surface area (Å²) in [6.07, 6.45) is 0. The van der Waals surface area contributed by atoms with E-state index in [1.165, 1.54) is 0 Å². The molecule has 26 heavy (non-hydrogen) atoms. The minimum Gasteiger partial charge on any atom is -0.493 e. The van der Waals surface area contributed by atoms with Crippen molar-refractivity contribution < 1.29 is 14.3 Å². The molecule has 0 fully saturated rings. The number of benzene rings is 2. The minimum absolute atomic E-state index is 0.0578. The summed E-state index contributed by atoms with van der Waals surface area (Å²) >= 11 is 0. The molecule has 0 aliphatic rings. The molecule has 2 aromatic carbocycles. The molecule has 0 saturated heterocycles. The van der Waals surface area contributed by atoms with Crippen LogP contribution >= 0.6 is 0 Å². The van der Waals surface area contributed by atoms with Gasteiger partial charge in [0.05, 0.1) is 24.0 Å². The molecule has 3 aromatic rings. The Labute approximate surface area is 152 Å². The lowest BCUT2D eigenvalue weighted by Crippen LogP contribution is -2.34. The van der Waals surface area contributed by atoms with Gasteiger partial charge in [0.25, 0.3) is 5.91 Å². The number of amides is 1. The van der Waals surface area contributed by atoms with Crippen molar-refractivity contribution in [3.05, 3.63) is 48.2 Å². The summed E-state index contributed by atoms with van der Waals surface area (Å²) in [5.74, 6) is 0.903. The van der Waals surface area contributed by atoms with Crippen LogP contribution in [0, 0.1) is 6.92 Å². The van der Waals surface area contributed by atoms with Gasteiger partial charge in [0, 0.05) is 17.5 Å². The highest BCUT2D eigenvalue weighted by Gasteiger charge is 2.13. The Morgan fingerprint density at radius 3 is 2.69 bits per heavy atom. The summed E-state index contributed by atoms with van der Waals surface area (Å²) in [5.41, 5.74) is 2.85. The van der Waals surface area contributed by atoms with Crippen molar-refractivity contribution >= 4 is 16.8 Å². The number of para-hydroxylation sites is 1. The van der Waals surface area contributed by atoms with Crippen LogP contribution in [0.2, 0.25) is 0 Å². The number of rotatable bonds is 6. The number of hydrogen-bond donors (Lipinski definition) is 1. The summed E-state index contributed by atoms with van der Waals surface area (Å²) in [6, 6.07) is 13.7. The zero-order chi connectivity index (χ0) is 18.7. The molecule has 1 heterocycles. The number of carbonyl (C=O) groups excluding carboxylic acids is 1. The van der Waals surface area contributed by atoms with Crippen LogP contribution in [0.1, 0.15) is 19.5 Å². The topological polar surface area (TPSA) is 65.4 Å². The number of fused-ring (bicyclic) bond motifs is 1. The summed E-state index contributed by atoms with van der Waals surface area (Å²) in [6.45, 7) is 5.74. The van der Waals surface area contributed by atoms with Gasteiger partial charge in [-0.25, -0.2) is 4.68 Å². The molecule has 0 radical (unpaired) electrons. The highest BCUT2D eigenvalue weighted by atomic mass is 16.5. The third-order valence-corrected chi connectivity index (χ3v) is 3.97. The second-order valence-corrected chi connectivity index (χ2v) is 6.36. The molecular weight excluding hydrogens is 330 g/mol. The van der Waals surface area contributed by atoms with Crippen molar-refractivity contribution in [2.45, 2.75) is 26.8 Å². The Morgan fingerprint density at radius 2 is 1.96 bits per heavy atom. The number of nitrogens with one attached hydrogen (secondary N) is 1. The van der Waals surface area contributed by atoms with Crippen molar-refractivity contribution in [2.75, 3.05) is 13.7 Å². The van der Waals surface area contributed by atoms with E-state index in [-0.39, 0.29) is 18.6 Å². The van der Waals surface area contributed by atoms with Crippen molar-refractivity contribution in [2.24, 2.45) is 0 Å². The van der Waals surface area contributed by atoms with Gasteiger partial charge in [0.1, 0.15) is 0 Å². The second-order valence-electron chi connectivity index (χ2n) is 6.36. The molecule has 0 saturated carbocycles. The largest absolute Gasteiger partial charge is 0.493 e. The second kappa shape index (κ2) is 7.47. The highest BCUT2D eigenvalue weighted by molar-refractivity contribution is 5.83. The fraction of sp³-hybridized carbons (Fsp3) is 0.300. The fourth-order valence-corrected chi connectivity index (χ4v) is 2.83. The van der Waals surface area contributed by atoms with Gasteiger partial charge in [0.2, 0.25) is 0 Å². The van der Waals surface area contributed by atoms with Gasteiger partial charge in [-0.1, -0.05) is 18.2 Å². The molecule has 0 aliphatic heterocycles. The first-order valence-corrected chi connectivity index (χ1v) is 8.54. The summed E-state index contributed by atoms with van der Waals surface area (Å²) < 4.78 is 12.9. The Bertz CT molecular complexity index is 931. The Kier molecular flexibility index (Phi) is 5.11. The first-order chi connectivity index (χ1) is 12.5. The lowest BCUT2D eigenvalue weighted by atomic mass is 10.2. The average molecular weight is 353 g/mol. The maximum Gasteiger partial charge on any atom is 0.258 e. The molecular formula is C20H23N3O3. The zero-order valence-corrected chi connectivity index (χ0v) is 15.4. The van der Waals surface area contributed by atoms with Crippen LogP contribution in [-0.2, 0) is 4.79 Å². The summed E-state index contributed by atoms with van der Waals surface area (Å²) in [7, 11) is 1.58. The van der Waals surface area contributed by atoms with Gasteiger partial charge in [-0.3, -0.25) is 4.79 Å². The van der Waals surface area contributed by atoms with Crippen LogP contribution in [0.25, 0.3) is 16.6 Å². The minimum atomic E-state index is -0.167. The summed E-state index contributed by atoms with van der Waals surface area (Å²) in [4.78, 5) is 11.8. The highest BCUT2D eigenvalue weighted by Crippen LogP contribution is 2.31. The first-order valence-electron chi connectivity index (χ1n) is 8.54. The van der Waals surface area contributed by atoms with Gasteiger partial charge in [-0.2, -0.15) is 5.10 Å². The molecule has 1 aromatic heterocycles. The molecule has 3 rings (SSSR count). The third kappa shape index (κ3) is 3.64. The molecule has 6 nitrogen and oxygen atoms in total. The molecule has 0 bridgehead atoms. The quantitative estimate of drug-likeness (QED) is 0.739. The van der Waals surface area contributed by atoms with Gasteiger partial charge < -0.3 is 14.8 Å². The van der Waals surface area contributed by atoms with E-state index < -0.39 is 0 Å². The fourth-order valence-electron chi connectivity index (χ4n) is 2.83. The van der Waals surface area contributed by atoms with Crippen LogP contribution in [0.4, 0.5) is 0 Å². The van der Waals surface area contributed by atoms with E-state index in [0.29, 0.717) is 11.5 Å². The van der Waals surface area contributed by atoms with E-state index in [1.807, 2.05) is 55.8 Å². The first kappa shape index (κ1) is 17.8. The van der Waals surface area contributed by atoms with E-state index in [0.717, 1.165) is 22.3 Å². The molecule has 0 spiro atoms. The van der Waals surface area contributed by atoms with E-state index in [2.05, 4.69) is 16.5 Å². The number of aromatic nitrogens is 2. The van der Waals surface area contributed by atoms with Crippen LogP contribution in [0.3, 0.4) is 0 Å². The van der Waals surface area contributed by atoms with E-state index in [4.69, 9.17) is 9.47 Å². The van der Waals surface area contributed by atoms with Gasteiger partial charge in [0.15, 0.2) is 18.1 Å². The van der Waals surface area contributed by atoms with Crippen LogP contribution in [0.5, 0.6) is 11.5 Å². The van der Waals surface area contributed by atoms with Crippen LogP contribution < -0.4 is 14.8 Å². The molecule has 1 N–H and O–H groups in total. The summed E-state index contributed by atoms with van der Waals surface area (Å²) in [5, 5.41) is 8.53. The number of methoxy groups -OCH3 is 1. The predicted octanol–water partition coefficient (Wildman–Crippen LogP) is 3.25. The van der Waals surface area contributed by atoms with Crippen molar-refractivity contribution in [1.82, 2.24) is 15.1 Å². The van der Waals surface area contributed by atoms with E-state index >= 15 is 0 Å². The van der Waals surface area contributed by atoms with Crippen LogP contribution in [-0.4, -0.2) is 35.4 Å². The normalized spacial score (nSPS) is 11.0. The molecule has 0 aliphatic carbocycles. The molecule has 6 heteroatoms. The Hall–Kier alpha value is -3.02. The Balaban J connectivity index is 1.88. The molecule has 1 amide bonds. The predicted molar refractivity (Wildman–Crippen MR) is 101 cm³/mol. The molecule has 0 unspecified atom stereocenters. The lowest BCUT2D eigenvalue weighted by Gasteiger charge is -2.13. The number of carbonyl (C=O) groups is 1. The maximum atomic E-state index is 11.8. The van der Waals surface area contributed by atoms with Gasteiger partial charge >= 0.3 is 0 Å². The third-order valence-electron chi connectivity index (χ3n) is 3.97. The number of hydrogen-bond acceptors (Lipinski definition) is 4. The number of aryl methyl sites for hydroxylation is 1. The zero-order valence-electron chi connectivity index (χ0n) is 15.4. The monoisotopic (exact) mass is 353 g/mol.